The molecule has 0 bridgehead atoms. The zero-order valence-electron chi connectivity index (χ0n) is 7.44. The summed E-state index contributed by atoms with van der Waals surface area (Å²) in [5, 5.41) is 2.48. The lowest BCUT2D eigenvalue weighted by Crippen LogP contribution is -2.44. The van der Waals surface area contributed by atoms with Crippen LogP contribution in [0, 0.1) is 0 Å². The predicted molar refractivity (Wildman–Crippen MR) is 47.2 cm³/mol. The van der Waals surface area contributed by atoms with E-state index in [2.05, 4.69) is 15.3 Å². The fourth-order valence-electron chi connectivity index (χ4n) is 1.39. The van der Waals surface area contributed by atoms with E-state index in [1.54, 1.807) is 0 Å². The van der Waals surface area contributed by atoms with E-state index in [0.29, 0.717) is 11.4 Å². The van der Waals surface area contributed by atoms with Crippen molar-refractivity contribution in [2.75, 3.05) is 5.32 Å². The number of hydrogen-bond donors (Lipinski definition) is 2. The van der Waals surface area contributed by atoms with Crippen LogP contribution in [-0.4, -0.2) is 21.8 Å². The quantitative estimate of drug-likeness (QED) is 0.567. The molecule has 1 aromatic heterocycles. The van der Waals surface area contributed by atoms with Crippen LogP contribution in [0.3, 0.4) is 0 Å². The second-order valence-electron chi connectivity index (χ2n) is 3.23. The zero-order valence-corrected chi connectivity index (χ0v) is 7.44. The molecule has 2 heterocycles. The van der Waals surface area contributed by atoms with Gasteiger partial charge in [0.25, 0.3) is 0 Å². The number of carbonyl (C=O) groups excluding carboxylic acids is 2. The Bertz CT molecular complexity index is 431. The van der Waals surface area contributed by atoms with E-state index in [1.165, 1.54) is 19.4 Å². The Balaban J connectivity index is 2.66. The molecule has 14 heavy (non-hydrogen) atoms. The standard InChI is InChI=1S/C8H8N4O2/c1-8(6(9)13)4-2-10-3-11-5(4)12-7(8)14/h2-3H,1H3,(H2,9,13)(H,10,11,12,14). The molecule has 1 aliphatic rings. The number of fused-ring (bicyclic) bond motifs is 1. The van der Waals surface area contributed by atoms with Gasteiger partial charge in [-0.05, 0) is 6.92 Å². The lowest BCUT2D eigenvalue weighted by atomic mass is 9.85. The summed E-state index contributed by atoms with van der Waals surface area (Å²) in [5.74, 6) is -0.810. The Hall–Kier alpha value is -1.98. The molecule has 2 amide bonds. The van der Waals surface area contributed by atoms with Gasteiger partial charge in [0.2, 0.25) is 11.8 Å². The number of carbonyl (C=O) groups is 2. The first kappa shape index (κ1) is 8.61. The van der Waals surface area contributed by atoms with Crippen LogP contribution in [0.15, 0.2) is 12.5 Å². The van der Waals surface area contributed by atoms with Crippen molar-refractivity contribution in [3.63, 3.8) is 0 Å². The van der Waals surface area contributed by atoms with Gasteiger partial charge in [-0.1, -0.05) is 0 Å². The van der Waals surface area contributed by atoms with Gasteiger partial charge in [-0.2, -0.15) is 0 Å². The van der Waals surface area contributed by atoms with Crippen molar-refractivity contribution < 1.29 is 9.59 Å². The van der Waals surface area contributed by atoms with E-state index >= 15 is 0 Å². The maximum atomic E-state index is 11.5. The fourth-order valence-corrected chi connectivity index (χ4v) is 1.39. The summed E-state index contributed by atoms with van der Waals surface area (Å²) in [5.41, 5.74) is 4.26. The molecule has 0 radical (unpaired) electrons. The minimum absolute atomic E-state index is 0.353. The fraction of sp³-hybridized carbons (Fsp3) is 0.250. The number of hydrogen-bond acceptors (Lipinski definition) is 4. The minimum Gasteiger partial charge on any atom is -0.368 e. The molecule has 0 aromatic carbocycles. The van der Waals surface area contributed by atoms with E-state index in [-0.39, 0.29) is 0 Å². The van der Waals surface area contributed by atoms with Gasteiger partial charge in [0.05, 0.1) is 0 Å². The summed E-state index contributed by atoms with van der Waals surface area (Å²) in [6.07, 6.45) is 2.72. The van der Waals surface area contributed by atoms with Gasteiger partial charge in [0.15, 0.2) is 5.41 Å². The second-order valence-corrected chi connectivity index (χ2v) is 3.23. The average Bonchev–Trinajstić information content (AvgIpc) is 2.41. The maximum Gasteiger partial charge on any atom is 0.245 e. The highest BCUT2D eigenvalue weighted by Gasteiger charge is 2.48. The van der Waals surface area contributed by atoms with Crippen molar-refractivity contribution in [1.82, 2.24) is 9.97 Å². The minimum atomic E-state index is -1.35. The largest absolute Gasteiger partial charge is 0.368 e. The third-order valence-electron chi connectivity index (χ3n) is 2.43. The third kappa shape index (κ3) is 0.847. The van der Waals surface area contributed by atoms with Crippen LogP contribution in [0.1, 0.15) is 12.5 Å². The monoisotopic (exact) mass is 192 g/mol. The highest BCUT2D eigenvalue weighted by molar-refractivity contribution is 6.19. The van der Waals surface area contributed by atoms with Crippen molar-refractivity contribution >= 4 is 17.6 Å². The Kier molecular flexibility index (Phi) is 1.54. The first-order chi connectivity index (χ1) is 6.56. The van der Waals surface area contributed by atoms with Crippen LogP contribution >= 0.6 is 0 Å². The Morgan fingerprint density at radius 2 is 2.36 bits per heavy atom. The summed E-state index contributed by atoms with van der Waals surface area (Å²) in [4.78, 5) is 30.3. The van der Waals surface area contributed by atoms with Gasteiger partial charge in [-0.25, -0.2) is 9.97 Å². The van der Waals surface area contributed by atoms with Gasteiger partial charge in [0.1, 0.15) is 12.1 Å². The summed E-state index contributed by atoms with van der Waals surface area (Å²) in [6, 6.07) is 0. The number of rotatable bonds is 1. The number of amides is 2. The lowest BCUT2D eigenvalue weighted by molar-refractivity contribution is -0.131. The van der Waals surface area contributed by atoms with E-state index in [9.17, 15) is 9.59 Å². The highest BCUT2D eigenvalue weighted by Crippen LogP contribution is 2.34. The molecule has 0 fully saturated rings. The highest BCUT2D eigenvalue weighted by atomic mass is 16.2. The number of aromatic nitrogens is 2. The van der Waals surface area contributed by atoms with Crippen LogP contribution < -0.4 is 11.1 Å². The van der Waals surface area contributed by atoms with Gasteiger partial charge >= 0.3 is 0 Å². The van der Waals surface area contributed by atoms with Crippen molar-refractivity contribution in [3.8, 4) is 0 Å². The molecule has 1 aliphatic heterocycles. The Morgan fingerprint density at radius 1 is 1.64 bits per heavy atom. The maximum absolute atomic E-state index is 11.5. The normalized spacial score (nSPS) is 24.2. The Labute approximate surface area is 79.5 Å². The molecular formula is C8H8N4O2. The van der Waals surface area contributed by atoms with Crippen LogP contribution in [0.2, 0.25) is 0 Å². The summed E-state index contributed by atoms with van der Waals surface area (Å²) in [7, 11) is 0. The molecule has 6 nitrogen and oxygen atoms in total. The first-order valence-electron chi connectivity index (χ1n) is 3.98. The van der Waals surface area contributed by atoms with Crippen molar-refractivity contribution in [3.05, 3.63) is 18.1 Å². The van der Waals surface area contributed by atoms with Gasteiger partial charge in [-0.3, -0.25) is 9.59 Å². The number of primary amides is 1. The number of nitrogens with one attached hydrogen (secondary N) is 1. The summed E-state index contributed by atoms with van der Waals surface area (Å²) >= 11 is 0. The third-order valence-corrected chi connectivity index (χ3v) is 2.43. The molecule has 3 N–H and O–H groups in total. The van der Waals surface area contributed by atoms with Crippen LogP contribution in [0.25, 0.3) is 0 Å². The molecule has 0 saturated heterocycles. The topological polar surface area (TPSA) is 98.0 Å². The molecule has 0 saturated carbocycles. The molecule has 1 atom stereocenters. The molecule has 72 valence electrons. The van der Waals surface area contributed by atoms with Crippen LogP contribution in [-0.2, 0) is 15.0 Å². The molecular weight excluding hydrogens is 184 g/mol. The average molecular weight is 192 g/mol. The smallest absolute Gasteiger partial charge is 0.245 e. The zero-order chi connectivity index (χ0) is 10.3. The Morgan fingerprint density at radius 3 is 3.00 bits per heavy atom. The number of nitrogens with zero attached hydrogens (tertiary/aromatic N) is 2. The lowest BCUT2D eigenvalue weighted by Gasteiger charge is -2.15. The first-order valence-corrected chi connectivity index (χ1v) is 3.98. The SMILES string of the molecule is CC1(C(N)=O)C(=O)Nc2ncncc21. The molecule has 1 aromatic rings. The van der Waals surface area contributed by atoms with E-state index < -0.39 is 17.2 Å². The van der Waals surface area contributed by atoms with Gasteiger partial charge in [-0.15, -0.1) is 0 Å². The van der Waals surface area contributed by atoms with Crippen molar-refractivity contribution in [2.45, 2.75) is 12.3 Å². The van der Waals surface area contributed by atoms with E-state index in [0.717, 1.165) is 0 Å². The number of anilines is 1. The van der Waals surface area contributed by atoms with Gasteiger partial charge in [0, 0.05) is 11.8 Å². The summed E-state index contributed by atoms with van der Waals surface area (Å²) < 4.78 is 0. The van der Waals surface area contributed by atoms with Crippen molar-refractivity contribution in [2.24, 2.45) is 5.73 Å². The molecule has 2 rings (SSSR count). The van der Waals surface area contributed by atoms with Crippen molar-refractivity contribution in [1.29, 1.82) is 0 Å². The van der Waals surface area contributed by atoms with E-state index in [4.69, 9.17) is 5.73 Å². The molecule has 6 heteroatoms. The van der Waals surface area contributed by atoms with E-state index in [1.807, 2.05) is 0 Å². The second kappa shape index (κ2) is 2.50. The number of nitrogens with two attached hydrogens (primary N) is 1. The van der Waals surface area contributed by atoms with Gasteiger partial charge < -0.3 is 11.1 Å². The van der Waals surface area contributed by atoms with Crippen LogP contribution in [0.4, 0.5) is 5.82 Å². The molecule has 0 aliphatic carbocycles. The van der Waals surface area contributed by atoms with Crippen LogP contribution in [0.5, 0.6) is 0 Å². The summed E-state index contributed by atoms with van der Waals surface area (Å²) in [6.45, 7) is 1.46. The molecule has 1 unspecified atom stereocenters. The molecule has 0 spiro atoms. The predicted octanol–water partition coefficient (Wildman–Crippen LogP) is -0.828.